The SMILES string of the molecule is O=C(c1ccncc1)[N+](Cl)Cl. The first-order chi connectivity index (χ1) is 5.22. The molecule has 0 aliphatic carbocycles. The molecule has 0 N–H and O–H groups in total. The van der Waals surface area contributed by atoms with E-state index >= 15 is 0 Å². The van der Waals surface area contributed by atoms with Crippen LogP contribution in [0.25, 0.3) is 0 Å². The number of carbonyl (C=O) groups excluding carboxylic acids is 1. The first-order valence-electron chi connectivity index (χ1n) is 2.78. The number of hydrogen-bond acceptors (Lipinski definition) is 2. The molecule has 0 spiro atoms. The van der Waals surface area contributed by atoms with E-state index in [0.717, 1.165) is 0 Å². The van der Waals surface area contributed by atoms with E-state index in [1.54, 1.807) is 0 Å². The van der Waals surface area contributed by atoms with Crippen LogP contribution in [0.3, 0.4) is 0 Å². The third kappa shape index (κ3) is 2.15. The Balaban J connectivity index is 2.86. The fourth-order valence-electron chi connectivity index (χ4n) is 0.592. The van der Waals surface area contributed by atoms with Crippen molar-refractivity contribution in [3.05, 3.63) is 30.1 Å². The largest absolute Gasteiger partial charge is 0.434 e. The van der Waals surface area contributed by atoms with Crippen LogP contribution in [0, 0.1) is 0 Å². The number of rotatable bonds is 1. The van der Waals surface area contributed by atoms with Gasteiger partial charge >= 0.3 is 5.91 Å². The molecular formula is C6H4Cl2N2O+. The standard InChI is InChI=1S/C6H4Cl2N2O/c7-10(8)6(11)5-1-3-9-4-2-5/h1-4H/q+1. The maximum absolute atomic E-state index is 11.0. The van der Waals surface area contributed by atoms with Crippen LogP contribution in [0.4, 0.5) is 0 Å². The number of amides is 1. The Hall–Kier alpha value is -0.640. The van der Waals surface area contributed by atoms with Gasteiger partial charge in [-0.3, -0.25) is 4.98 Å². The highest BCUT2D eigenvalue weighted by atomic mass is 35.5. The molecule has 3 nitrogen and oxygen atoms in total. The van der Waals surface area contributed by atoms with E-state index in [1.165, 1.54) is 24.5 Å². The molecule has 0 unspecified atom stereocenters. The van der Waals surface area contributed by atoms with Crippen molar-refractivity contribution in [1.29, 1.82) is 0 Å². The second-order valence-corrected chi connectivity index (χ2v) is 2.62. The summed E-state index contributed by atoms with van der Waals surface area (Å²) in [4.78, 5) is 14.7. The minimum atomic E-state index is -0.462. The molecule has 1 rings (SSSR count). The molecule has 5 heteroatoms. The summed E-state index contributed by atoms with van der Waals surface area (Å²) < 4.78 is 0.481. The van der Waals surface area contributed by atoms with Gasteiger partial charge in [0, 0.05) is 12.4 Å². The highest BCUT2D eigenvalue weighted by Crippen LogP contribution is 2.04. The van der Waals surface area contributed by atoms with E-state index in [9.17, 15) is 4.79 Å². The lowest BCUT2D eigenvalue weighted by Crippen LogP contribution is -2.16. The normalized spacial score (nSPS) is 10.1. The maximum atomic E-state index is 11.0. The zero-order chi connectivity index (χ0) is 8.27. The van der Waals surface area contributed by atoms with E-state index in [1.807, 2.05) is 0 Å². The maximum Gasteiger partial charge on any atom is 0.434 e. The molecule has 0 aliphatic rings. The van der Waals surface area contributed by atoms with Crippen molar-refractivity contribution >= 4 is 29.5 Å². The highest BCUT2D eigenvalue weighted by molar-refractivity contribution is 6.46. The first-order valence-corrected chi connectivity index (χ1v) is 3.45. The van der Waals surface area contributed by atoms with E-state index in [2.05, 4.69) is 4.98 Å². The molecule has 0 bridgehead atoms. The van der Waals surface area contributed by atoms with Gasteiger partial charge < -0.3 is 0 Å². The van der Waals surface area contributed by atoms with Crippen molar-refractivity contribution in [1.82, 2.24) is 8.92 Å². The van der Waals surface area contributed by atoms with Crippen LogP contribution in [-0.4, -0.2) is 10.9 Å². The van der Waals surface area contributed by atoms with Crippen molar-refractivity contribution in [2.24, 2.45) is 0 Å². The average molecular weight is 191 g/mol. The summed E-state index contributed by atoms with van der Waals surface area (Å²) in [5.74, 6) is -0.462. The molecule has 11 heavy (non-hydrogen) atoms. The Morgan fingerprint density at radius 2 is 1.91 bits per heavy atom. The van der Waals surface area contributed by atoms with Crippen molar-refractivity contribution in [2.75, 3.05) is 0 Å². The summed E-state index contributed by atoms with van der Waals surface area (Å²) in [5, 5.41) is 0. The second kappa shape index (κ2) is 3.67. The van der Waals surface area contributed by atoms with Gasteiger partial charge in [-0.05, 0) is 12.1 Å². The number of pyridine rings is 1. The Morgan fingerprint density at radius 1 is 1.36 bits per heavy atom. The molecule has 0 fully saturated rings. The van der Waals surface area contributed by atoms with Crippen molar-refractivity contribution < 1.29 is 4.79 Å². The molecule has 1 aromatic rings. The van der Waals surface area contributed by atoms with Crippen LogP contribution in [0.1, 0.15) is 10.4 Å². The van der Waals surface area contributed by atoms with Gasteiger partial charge in [-0.15, -0.1) is 0 Å². The van der Waals surface area contributed by atoms with Crippen molar-refractivity contribution in [2.45, 2.75) is 0 Å². The van der Waals surface area contributed by atoms with Gasteiger partial charge in [-0.25, -0.2) is 4.79 Å². The Kier molecular flexibility index (Phi) is 2.82. The Labute approximate surface area is 73.8 Å². The molecular weight excluding hydrogens is 187 g/mol. The van der Waals surface area contributed by atoms with E-state index in [0.29, 0.717) is 9.50 Å². The fraction of sp³-hybridized carbons (Fsp3) is 0. The summed E-state index contributed by atoms with van der Waals surface area (Å²) in [6.45, 7) is 0. The van der Waals surface area contributed by atoms with Gasteiger partial charge in [-0.1, -0.05) is 0 Å². The second-order valence-electron chi connectivity index (χ2n) is 1.77. The summed E-state index contributed by atoms with van der Waals surface area (Å²) in [6.07, 6.45) is 2.98. The number of nitrogens with zero attached hydrogens (tertiary/aromatic N) is 2. The smallest absolute Gasteiger partial charge is 0.265 e. The van der Waals surface area contributed by atoms with Crippen LogP contribution >= 0.6 is 23.6 Å². The number of aromatic nitrogens is 1. The van der Waals surface area contributed by atoms with Crippen molar-refractivity contribution in [3.8, 4) is 0 Å². The summed E-state index contributed by atoms with van der Waals surface area (Å²) in [5.41, 5.74) is 0.407. The minimum Gasteiger partial charge on any atom is -0.265 e. The lowest BCUT2D eigenvalue weighted by molar-refractivity contribution is 0.0962. The van der Waals surface area contributed by atoms with Gasteiger partial charge in [0.1, 0.15) is 3.94 Å². The van der Waals surface area contributed by atoms with E-state index < -0.39 is 5.91 Å². The average Bonchev–Trinajstić information content (AvgIpc) is 2.05. The number of halogens is 2. The Morgan fingerprint density at radius 3 is 2.36 bits per heavy atom. The van der Waals surface area contributed by atoms with Gasteiger partial charge in [0.15, 0.2) is 0 Å². The minimum absolute atomic E-state index is 0.407. The zero-order valence-electron chi connectivity index (χ0n) is 5.37. The molecule has 0 aromatic carbocycles. The summed E-state index contributed by atoms with van der Waals surface area (Å²) >= 11 is 10.4. The monoisotopic (exact) mass is 190 g/mol. The molecule has 1 heterocycles. The first kappa shape index (κ1) is 8.46. The summed E-state index contributed by atoms with van der Waals surface area (Å²) in [7, 11) is 0. The topological polar surface area (TPSA) is 35.9 Å². The van der Waals surface area contributed by atoms with Gasteiger partial charge in [0.25, 0.3) is 23.6 Å². The number of hydrogen-bond donors (Lipinski definition) is 0. The molecule has 0 saturated carbocycles. The van der Waals surface area contributed by atoms with Gasteiger partial charge in [0.05, 0.1) is 5.56 Å². The highest BCUT2D eigenvalue weighted by Gasteiger charge is 2.25. The molecule has 57 valence electrons. The zero-order valence-corrected chi connectivity index (χ0v) is 6.88. The summed E-state index contributed by atoms with van der Waals surface area (Å²) in [6, 6.07) is 3.06. The predicted molar refractivity (Wildman–Crippen MR) is 42.4 cm³/mol. The van der Waals surface area contributed by atoms with Crippen molar-refractivity contribution in [3.63, 3.8) is 0 Å². The van der Waals surface area contributed by atoms with Gasteiger partial charge in [0.2, 0.25) is 0 Å². The van der Waals surface area contributed by atoms with Crippen LogP contribution in [0.2, 0.25) is 0 Å². The van der Waals surface area contributed by atoms with Crippen LogP contribution in [0.5, 0.6) is 0 Å². The quantitative estimate of drug-likeness (QED) is 0.633. The lowest BCUT2D eigenvalue weighted by atomic mass is 10.3. The Bertz CT molecular complexity index is 250. The van der Waals surface area contributed by atoms with Crippen LogP contribution < -0.4 is 3.94 Å². The number of carbonyl (C=O) groups is 1. The van der Waals surface area contributed by atoms with Crippen LogP contribution in [0.15, 0.2) is 24.5 Å². The molecule has 1 radical (unpaired) electrons. The van der Waals surface area contributed by atoms with Crippen LogP contribution in [-0.2, 0) is 0 Å². The molecule has 0 aliphatic heterocycles. The molecule has 0 atom stereocenters. The molecule has 1 amide bonds. The lowest BCUT2D eigenvalue weighted by Gasteiger charge is -1.88. The van der Waals surface area contributed by atoms with E-state index in [-0.39, 0.29) is 0 Å². The third-order valence-electron chi connectivity index (χ3n) is 1.08. The van der Waals surface area contributed by atoms with E-state index in [4.69, 9.17) is 23.6 Å². The molecule has 0 saturated heterocycles. The fourth-order valence-corrected chi connectivity index (χ4v) is 0.787. The van der Waals surface area contributed by atoms with Gasteiger partial charge in [-0.2, -0.15) is 0 Å². The third-order valence-corrected chi connectivity index (χ3v) is 1.39. The molecule has 1 aromatic heterocycles. The predicted octanol–water partition coefficient (Wildman–Crippen LogP) is 1.67.